The Bertz CT molecular complexity index is 1490. The molecule has 204 valence electrons. The minimum absolute atomic E-state index is 0.0729. The van der Waals surface area contributed by atoms with Gasteiger partial charge in [0.1, 0.15) is 17.4 Å². The number of ether oxygens (including phenoxy) is 1. The summed E-state index contributed by atoms with van der Waals surface area (Å²) in [6.07, 6.45) is 4.60. The van der Waals surface area contributed by atoms with Crippen LogP contribution in [0.2, 0.25) is 0 Å². The number of halogens is 1. The molecule has 0 N–H and O–H groups in total. The molecule has 39 heavy (non-hydrogen) atoms. The fraction of sp³-hybridized carbons (Fsp3) is 0.394. The maximum atomic E-state index is 14.2. The summed E-state index contributed by atoms with van der Waals surface area (Å²) >= 11 is 0. The molecule has 1 fully saturated rings. The van der Waals surface area contributed by atoms with Crippen LogP contribution in [0.15, 0.2) is 71.5 Å². The van der Waals surface area contributed by atoms with Crippen LogP contribution in [0.1, 0.15) is 39.5 Å². The van der Waals surface area contributed by atoms with Crippen LogP contribution in [-0.4, -0.2) is 41.2 Å². The molecule has 1 atom stereocenters. The van der Waals surface area contributed by atoms with Crippen molar-refractivity contribution >= 4 is 10.9 Å². The van der Waals surface area contributed by atoms with E-state index in [1.165, 1.54) is 25.0 Å². The average Bonchev–Trinajstić information content (AvgIpc) is 2.97. The van der Waals surface area contributed by atoms with Gasteiger partial charge in [0, 0.05) is 19.6 Å². The van der Waals surface area contributed by atoms with E-state index in [1.807, 2.05) is 53.1 Å². The highest BCUT2D eigenvalue weighted by atomic mass is 19.1. The second kappa shape index (κ2) is 12.1. The van der Waals surface area contributed by atoms with Crippen molar-refractivity contribution in [2.75, 3.05) is 26.7 Å². The molecule has 2 heterocycles. The fourth-order valence-electron chi connectivity index (χ4n) is 5.91. The number of para-hydroxylation sites is 1. The van der Waals surface area contributed by atoms with E-state index < -0.39 is 0 Å². The third kappa shape index (κ3) is 5.91. The van der Waals surface area contributed by atoms with Gasteiger partial charge < -0.3 is 9.64 Å². The van der Waals surface area contributed by atoms with Gasteiger partial charge in [-0.3, -0.25) is 9.36 Å². The Hall–Kier alpha value is -3.51. The van der Waals surface area contributed by atoms with Crippen molar-refractivity contribution in [3.8, 4) is 28.3 Å². The van der Waals surface area contributed by atoms with E-state index in [1.54, 1.807) is 13.2 Å². The second-order valence-corrected chi connectivity index (χ2v) is 10.7. The predicted molar refractivity (Wildman–Crippen MR) is 157 cm³/mol. The van der Waals surface area contributed by atoms with Gasteiger partial charge in [-0.2, -0.15) is 0 Å². The van der Waals surface area contributed by atoms with E-state index in [2.05, 4.69) is 18.7 Å². The number of benzene rings is 3. The van der Waals surface area contributed by atoms with Crippen LogP contribution in [-0.2, 0) is 6.54 Å². The molecule has 1 saturated heterocycles. The summed E-state index contributed by atoms with van der Waals surface area (Å²) in [5.74, 6) is 2.07. The third-order valence-electron chi connectivity index (χ3n) is 8.17. The molecular weight excluding hydrogens is 489 g/mol. The monoisotopic (exact) mass is 527 g/mol. The standard InChI is InChI=1S/C33H38FN3O2/c1-4-23(5-2)20-36-17-9-10-24(21-36)22-37-32(28-13-6-7-14-31(28)39-3)35-30-16-15-26(19-29(30)33(37)38)25-11-8-12-27(34)18-25/h6-8,11-16,18-19,23-24H,4-5,9-10,17,20-22H2,1-3H3. The van der Waals surface area contributed by atoms with Crippen LogP contribution < -0.4 is 10.3 Å². The minimum Gasteiger partial charge on any atom is -0.496 e. The van der Waals surface area contributed by atoms with E-state index in [0.29, 0.717) is 40.9 Å². The van der Waals surface area contributed by atoms with E-state index in [4.69, 9.17) is 9.72 Å². The molecule has 4 aromatic rings. The zero-order valence-electron chi connectivity index (χ0n) is 23.2. The Morgan fingerprint density at radius 3 is 2.59 bits per heavy atom. The van der Waals surface area contributed by atoms with E-state index in [0.717, 1.165) is 49.2 Å². The topological polar surface area (TPSA) is 47.4 Å². The summed E-state index contributed by atoms with van der Waals surface area (Å²) in [5.41, 5.74) is 2.89. The molecule has 5 nitrogen and oxygen atoms in total. The Morgan fingerprint density at radius 1 is 1.03 bits per heavy atom. The molecule has 0 amide bonds. The lowest BCUT2D eigenvalue weighted by molar-refractivity contribution is 0.138. The number of rotatable bonds is 9. The van der Waals surface area contributed by atoms with Gasteiger partial charge in [-0.05, 0) is 78.7 Å². The highest BCUT2D eigenvalue weighted by molar-refractivity contribution is 5.85. The van der Waals surface area contributed by atoms with Crippen molar-refractivity contribution in [1.82, 2.24) is 14.5 Å². The van der Waals surface area contributed by atoms with E-state index >= 15 is 0 Å². The largest absolute Gasteiger partial charge is 0.496 e. The van der Waals surface area contributed by atoms with Gasteiger partial charge in [-0.25, -0.2) is 9.37 Å². The van der Waals surface area contributed by atoms with Crippen molar-refractivity contribution in [1.29, 1.82) is 0 Å². The summed E-state index contributed by atoms with van der Waals surface area (Å²) in [6.45, 7) is 8.36. The quantitative estimate of drug-likeness (QED) is 0.235. The van der Waals surface area contributed by atoms with Crippen LogP contribution in [0.3, 0.4) is 0 Å². The molecule has 1 aromatic heterocycles. The van der Waals surface area contributed by atoms with E-state index in [9.17, 15) is 9.18 Å². The molecular formula is C33H38FN3O2. The van der Waals surface area contributed by atoms with Crippen molar-refractivity contribution in [3.63, 3.8) is 0 Å². The van der Waals surface area contributed by atoms with Crippen molar-refractivity contribution in [3.05, 3.63) is 82.9 Å². The lowest BCUT2D eigenvalue weighted by atomic mass is 9.95. The Morgan fingerprint density at radius 2 is 1.82 bits per heavy atom. The number of piperidine rings is 1. The van der Waals surface area contributed by atoms with Crippen LogP contribution in [0.5, 0.6) is 5.75 Å². The number of hydrogen-bond donors (Lipinski definition) is 0. The highest BCUT2D eigenvalue weighted by Crippen LogP contribution is 2.31. The maximum absolute atomic E-state index is 14.2. The number of aromatic nitrogens is 2. The molecule has 1 aliphatic heterocycles. The molecule has 3 aromatic carbocycles. The predicted octanol–water partition coefficient (Wildman–Crippen LogP) is 7.03. The summed E-state index contributed by atoms with van der Waals surface area (Å²) in [4.78, 5) is 21.8. The Labute approximate surface area is 230 Å². The first-order chi connectivity index (χ1) is 19.0. The van der Waals surface area contributed by atoms with Gasteiger partial charge in [0.15, 0.2) is 0 Å². The normalized spacial score (nSPS) is 16.2. The third-order valence-corrected chi connectivity index (χ3v) is 8.17. The number of likely N-dealkylation sites (tertiary alicyclic amines) is 1. The van der Waals surface area contributed by atoms with E-state index in [-0.39, 0.29) is 11.4 Å². The summed E-state index contributed by atoms with van der Waals surface area (Å²) in [7, 11) is 1.64. The van der Waals surface area contributed by atoms with Crippen LogP contribution in [0, 0.1) is 17.7 Å². The summed E-state index contributed by atoms with van der Waals surface area (Å²) < 4.78 is 21.5. The van der Waals surface area contributed by atoms with Gasteiger partial charge in [-0.15, -0.1) is 0 Å². The minimum atomic E-state index is -0.301. The van der Waals surface area contributed by atoms with Crippen LogP contribution >= 0.6 is 0 Å². The number of methoxy groups -OCH3 is 1. The lowest BCUT2D eigenvalue weighted by Gasteiger charge is -2.35. The zero-order chi connectivity index (χ0) is 27.4. The molecule has 0 radical (unpaired) electrons. The SMILES string of the molecule is CCC(CC)CN1CCCC(Cn2c(-c3ccccc3OC)nc3ccc(-c4cccc(F)c4)cc3c2=O)C1. The maximum Gasteiger partial charge on any atom is 0.261 e. The highest BCUT2D eigenvalue weighted by Gasteiger charge is 2.25. The molecule has 5 rings (SSSR count). The number of fused-ring (bicyclic) bond motifs is 1. The average molecular weight is 528 g/mol. The first-order valence-electron chi connectivity index (χ1n) is 14.2. The molecule has 0 aliphatic carbocycles. The molecule has 6 heteroatoms. The molecule has 1 aliphatic rings. The van der Waals surface area contributed by atoms with Crippen molar-refractivity contribution < 1.29 is 9.13 Å². The first-order valence-corrected chi connectivity index (χ1v) is 14.2. The van der Waals surface area contributed by atoms with Crippen LogP contribution in [0.25, 0.3) is 33.4 Å². The van der Waals surface area contributed by atoms with Gasteiger partial charge in [0.2, 0.25) is 0 Å². The lowest BCUT2D eigenvalue weighted by Crippen LogP contribution is -2.41. The van der Waals surface area contributed by atoms with Gasteiger partial charge in [-0.1, -0.05) is 57.0 Å². The van der Waals surface area contributed by atoms with Crippen LogP contribution in [0.4, 0.5) is 4.39 Å². The molecule has 0 saturated carbocycles. The van der Waals surface area contributed by atoms with Gasteiger partial charge in [0.05, 0.1) is 23.6 Å². The molecule has 0 spiro atoms. The Balaban J connectivity index is 1.58. The number of nitrogens with zero attached hydrogens (tertiary/aromatic N) is 3. The zero-order valence-corrected chi connectivity index (χ0v) is 23.2. The van der Waals surface area contributed by atoms with Gasteiger partial charge >= 0.3 is 0 Å². The molecule has 0 bridgehead atoms. The van der Waals surface area contributed by atoms with Crippen molar-refractivity contribution in [2.45, 2.75) is 46.1 Å². The summed E-state index contributed by atoms with van der Waals surface area (Å²) in [5, 5.41) is 0.542. The second-order valence-electron chi connectivity index (χ2n) is 10.7. The first kappa shape index (κ1) is 27.1. The fourth-order valence-corrected chi connectivity index (χ4v) is 5.91. The molecule has 1 unspecified atom stereocenters. The van der Waals surface area contributed by atoms with Gasteiger partial charge in [0.25, 0.3) is 5.56 Å². The summed E-state index contributed by atoms with van der Waals surface area (Å²) in [6, 6.07) is 19.8. The van der Waals surface area contributed by atoms with Crippen molar-refractivity contribution in [2.24, 2.45) is 11.8 Å². The number of hydrogen-bond acceptors (Lipinski definition) is 4. The smallest absolute Gasteiger partial charge is 0.261 e. The Kier molecular flexibility index (Phi) is 8.41.